The van der Waals surface area contributed by atoms with Crippen molar-refractivity contribution in [2.45, 2.75) is 25.8 Å². The molecule has 3 nitrogen and oxygen atoms in total. The van der Waals surface area contributed by atoms with E-state index in [0.29, 0.717) is 24.0 Å². The van der Waals surface area contributed by atoms with Gasteiger partial charge in [0.05, 0.1) is 12.6 Å². The van der Waals surface area contributed by atoms with Gasteiger partial charge in [-0.2, -0.15) is 0 Å². The standard InChI is InChI=1S/C15H16FNO2/c1-2-15(18)13-8-17(11-5-6-19-9-11)14-4-3-10(16)7-12(13)14/h3-4,7-8,11H,2,5-6,9H2,1H3/t11-/m1/s1. The highest BCUT2D eigenvalue weighted by Gasteiger charge is 2.22. The molecule has 0 unspecified atom stereocenters. The molecule has 0 aliphatic carbocycles. The number of benzene rings is 1. The Kier molecular flexibility index (Phi) is 3.11. The summed E-state index contributed by atoms with van der Waals surface area (Å²) in [6, 6.07) is 4.88. The van der Waals surface area contributed by atoms with E-state index in [4.69, 9.17) is 4.74 Å². The molecule has 1 aliphatic rings. The first-order valence-corrected chi connectivity index (χ1v) is 6.61. The maximum absolute atomic E-state index is 13.4. The van der Waals surface area contributed by atoms with Gasteiger partial charge in [0.15, 0.2) is 5.78 Å². The summed E-state index contributed by atoms with van der Waals surface area (Å²) >= 11 is 0. The van der Waals surface area contributed by atoms with Gasteiger partial charge < -0.3 is 9.30 Å². The van der Waals surface area contributed by atoms with Crippen molar-refractivity contribution in [2.75, 3.05) is 13.2 Å². The Labute approximate surface area is 111 Å². The van der Waals surface area contributed by atoms with Crippen LogP contribution in [0.15, 0.2) is 24.4 Å². The number of ketones is 1. The summed E-state index contributed by atoms with van der Waals surface area (Å²) in [5.41, 5.74) is 1.53. The Morgan fingerprint density at radius 1 is 1.53 bits per heavy atom. The van der Waals surface area contributed by atoms with Crippen LogP contribution in [0.25, 0.3) is 10.9 Å². The molecule has 2 heterocycles. The second-order valence-electron chi connectivity index (χ2n) is 4.91. The first-order valence-electron chi connectivity index (χ1n) is 6.61. The van der Waals surface area contributed by atoms with Crippen LogP contribution in [0, 0.1) is 5.82 Å². The van der Waals surface area contributed by atoms with Crippen LogP contribution in [0.4, 0.5) is 4.39 Å². The quantitative estimate of drug-likeness (QED) is 0.793. The zero-order valence-electron chi connectivity index (χ0n) is 10.9. The highest BCUT2D eigenvalue weighted by Crippen LogP contribution is 2.29. The molecule has 2 aromatic rings. The molecule has 1 saturated heterocycles. The lowest BCUT2D eigenvalue weighted by Gasteiger charge is -2.11. The van der Waals surface area contributed by atoms with Crippen LogP contribution in [0.5, 0.6) is 0 Å². The highest BCUT2D eigenvalue weighted by atomic mass is 19.1. The fourth-order valence-electron chi connectivity index (χ4n) is 2.68. The summed E-state index contributed by atoms with van der Waals surface area (Å²) in [7, 11) is 0. The fourth-order valence-corrected chi connectivity index (χ4v) is 2.68. The lowest BCUT2D eigenvalue weighted by Crippen LogP contribution is -2.07. The summed E-state index contributed by atoms with van der Waals surface area (Å²) in [5.74, 6) is -0.258. The summed E-state index contributed by atoms with van der Waals surface area (Å²) < 4.78 is 20.9. The molecule has 3 rings (SSSR count). The Bertz CT molecular complexity index is 626. The molecule has 1 aliphatic heterocycles. The van der Waals surface area contributed by atoms with Gasteiger partial charge in [-0.15, -0.1) is 0 Å². The topological polar surface area (TPSA) is 31.2 Å². The monoisotopic (exact) mass is 261 g/mol. The van der Waals surface area contributed by atoms with Crippen LogP contribution < -0.4 is 0 Å². The molecular weight excluding hydrogens is 245 g/mol. The molecule has 0 N–H and O–H groups in total. The third kappa shape index (κ3) is 2.06. The van der Waals surface area contributed by atoms with E-state index in [2.05, 4.69) is 4.57 Å². The van der Waals surface area contributed by atoms with E-state index in [0.717, 1.165) is 18.5 Å². The van der Waals surface area contributed by atoms with E-state index in [1.807, 2.05) is 13.1 Å². The highest BCUT2D eigenvalue weighted by molar-refractivity contribution is 6.08. The van der Waals surface area contributed by atoms with Crippen molar-refractivity contribution in [1.29, 1.82) is 0 Å². The number of carbonyl (C=O) groups excluding carboxylic acids is 1. The van der Waals surface area contributed by atoms with Crippen LogP contribution in [0.3, 0.4) is 0 Å². The Balaban J connectivity index is 2.19. The summed E-state index contributed by atoms with van der Waals surface area (Å²) in [5, 5.41) is 0.707. The number of rotatable bonds is 3. The van der Waals surface area contributed by atoms with Crippen LogP contribution in [-0.2, 0) is 4.74 Å². The van der Waals surface area contributed by atoms with E-state index in [1.165, 1.54) is 12.1 Å². The number of halogens is 1. The summed E-state index contributed by atoms with van der Waals surface area (Å²) in [4.78, 5) is 12.0. The molecule has 100 valence electrons. The number of hydrogen-bond donors (Lipinski definition) is 0. The summed E-state index contributed by atoms with van der Waals surface area (Å²) in [6.07, 6.45) is 3.22. The normalized spacial score (nSPS) is 19.2. The minimum absolute atomic E-state index is 0.0493. The van der Waals surface area contributed by atoms with E-state index in [1.54, 1.807) is 6.07 Å². The zero-order valence-corrected chi connectivity index (χ0v) is 10.9. The van der Waals surface area contributed by atoms with Gasteiger partial charge in [0.2, 0.25) is 0 Å². The van der Waals surface area contributed by atoms with Crippen LogP contribution in [0.2, 0.25) is 0 Å². The van der Waals surface area contributed by atoms with E-state index in [9.17, 15) is 9.18 Å². The Hall–Kier alpha value is -1.68. The second kappa shape index (κ2) is 4.78. The average Bonchev–Trinajstić information content (AvgIpc) is 3.03. The van der Waals surface area contributed by atoms with E-state index >= 15 is 0 Å². The van der Waals surface area contributed by atoms with Crippen LogP contribution in [-0.4, -0.2) is 23.6 Å². The number of Topliss-reactive ketones (excluding diaryl/α,β-unsaturated/α-hetero) is 1. The predicted octanol–water partition coefficient (Wildman–Crippen LogP) is 3.33. The van der Waals surface area contributed by atoms with Crippen LogP contribution in [0.1, 0.15) is 36.2 Å². The second-order valence-corrected chi connectivity index (χ2v) is 4.91. The number of ether oxygens (including phenoxy) is 1. The number of nitrogens with zero attached hydrogens (tertiary/aromatic N) is 1. The molecular formula is C15H16FNO2. The van der Waals surface area contributed by atoms with Gasteiger partial charge in [0.1, 0.15) is 5.82 Å². The first kappa shape index (κ1) is 12.4. The first-order chi connectivity index (χ1) is 9.20. The van der Waals surface area contributed by atoms with Crippen molar-refractivity contribution in [3.63, 3.8) is 0 Å². The molecule has 0 saturated carbocycles. The molecule has 1 aromatic heterocycles. The molecule has 4 heteroatoms. The van der Waals surface area contributed by atoms with E-state index in [-0.39, 0.29) is 17.6 Å². The van der Waals surface area contributed by atoms with Gasteiger partial charge in [-0.25, -0.2) is 4.39 Å². The lowest BCUT2D eigenvalue weighted by atomic mass is 10.1. The van der Waals surface area contributed by atoms with Crippen molar-refractivity contribution < 1.29 is 13.9 Å². The van der Waals surface area contributed by atoms with Gasteiger partial charge in [-0.1, -0.05) is 6.92 Å². The van der Waals surface area contributed by atoms with E-state index < -0.39 is 0 Å². The van der Waals surface area contributed by atoms with Gasteiger partial charge in [0.25, 0.3) is 0 Å². The predicted molar refractivity (Wildman–Crippen MR) is 71.0 cm³/mol. The van der Waals surface area contributed by atoms with Crippen molar-refractivity contribution in [3.05, 3.63) is 35.8 Å². The molecule has 19 heavy (non-hydrogen) atoms. The molecule has 1 atom stereocenters. The van der Waals surface area contributed by atoms with Crippen LogP contribution >= 0.6 is 0 Å². The number of hydrogen-bond acceptors (Lipinski definition) is 2. The molecule has 0 spiro atoms. The molecule has 0 bridgehead atoms. The third-order valence-electron chi connectivity index (χ3n) is 3.72. The van der Waals surface area contributed by atoms with Gasteiger partial charge in [-0.3, -0.25) is 4.79 Å². The molecule has 0 amide bonds. The lowest BCUT2D eigenvalue weighted by molar-refractivity contribution is 0.0989. The SMILES string of the molecule is CCC(=O)c1cn([C@@H]2CCOC2)c2ccc(F)cc12. The Morgan fingerprint density at radius 3 is 3.05 bits per heavy atom. The van der Waals surface area contributed by atoms with Crippen molar-refractivity contribution >= 4 is 16.7 Å². The third-order valence-corrected chi connectivity index (χ3v) is 3.72. The molecule has 1 aromatic carbocycles. The zero-order chi connectivity index (χ0) is 13.4. The maximum Gasteiger partial charge on any atom is 0.164 e. The average molecular weight is 261 g/mol. The minimum Gasteiger partial charge on any atom is -0.379 e. The largest absolute Gasteiger partial charge is 0.379 e. The maximum atomic E-state index is 13.4. The fraction of sp³-hybridized carbons (Fsp3) is 0.400. The van der Waals surface area contributed by atoms with Crippen molar-refractivity contribution in [3.8, 4) is 0 Å². The Morgan fingerprint density at radius 2 is 2.37 bits per heavy atom. The van der Waals surface area contributed by atoms with Crippen molar-refractivity contribution in [2.24, 2.45) is 0 Å². The molecule has 1 fully saturated rings. The smallest absolute Gasteiger partial charge is 0.164 e. The minimum atomic E-state index is -0.307. The summed E-state index contributed by atoms with van der Waals surface area (Å²) in [6.45, 7) is 3.22. The van der Waals surface area contributed by atoms with Gasteiger partial charge in [-0.05, 0) is 24.6 Å². The van der Waals surface area contributed by atoms with Crippen molar-refractivity contribution in [1.82, 2.24) is 4.57 Å². The van der Waals surface area contributed by atoms with Gasteiger partial charge >= 0.3 is 0 Å². The number of carbonyl (C=O) groups is 1. The number of aromatic nitrogens is 1. The number of fused-ring (bicyclic) bond motifs is 1. The van der Waals surface area contributed by atoms with Gasteiger partial charge in [0, 0.05) is 35.7 Å². The molecule has 0 radical (unpaired) electrons.